The van der Waals surface area contributed by atoms with Crippen molar-refractivity contribution in [3.05, 3.63) is 83.9 Å². The van der Waals surface area contributed by atoms with Crippen LogP contribution in [0.3, 0.4) is 0 Å². The van der Waals surface area contributed by atoms with Crippen LogP contribution in [0.5, 0.6) is 11.5 Å². The summed E-state index contributed by atoms with van der Waals surface area (Å²) in [5.74, 6) is -0.447. The van der Waals surface area contributed by atoms with Gasteiger partial charge in [-0.3, -0.25) is 4.31 Å². The molecule has 9 heteroatoms. The Morgan fingerprint density at radius 3 is 2.00 bits per heavy atom. The third-order valence-electron chi connectivity index (χ3n) is 4.65. The molecule has 3 rings (SSSR count). The van der Waals surface area contributed by atoms with E-state index in [4.69, 9.17) is 9.47 Å². The fraction of sp³-hybridized carbons (Fsp3) is 0.130. The van der Waals surface area contributed by atoms with E-state index >= 15 is 0 Å². The molecule has 0 spiro atoms. The summed E-state index contributed by atoms with van der Waals surface area (Å²) in [4.78, 5) is 24.0. The van der Waals surface area contributed by atoms with Crippen LogP contribution in [-0.2, 0) is 14.8 Å². The summed E-state index contributed by atoms with van der Waals surface area (Å²) < 4.78 is 42.2. The van der Waals surface area contributed by atoms with Crippen LogP contribution in [0.2, 0.25) is 0 Å². The quantitative estimate of drug-likeness (QED) is 0.397. The van der Waals surface area contributed by atoms with Gasteiger partial charge in [0.15, 0.2) is 0 Å². The average molecular weight is 455 g/mol. The van der Waals surface area contributed by atoms with Crippen molar-refractivity contribution in [2.45, 2.75) is 4.90 Å². The number of ether oxygens (including phenoxy) is 3. The molecule has 166 valence electrons. The Balaban J connectivity index is 1.80. The molecule has 0 saturated carbocycles. The predicted octanol–water partition coefficient (Wildman–Crippen LogP) is 3.53. The maximum Gasteiger partial charge on any atom is 0.343 e. The van der Waals surface area contributed by atoms with E-state index in [1.54, 1.807) is 24.3 Å². The van der Waals surface area contributed by atoms with E-state index < -0.39 is 22.0 Å². The first-order valence-corrected chi connectivity index (χ1v) is 10.8. The second-order valence-electron chi connectivity index (χ2n) is 6.60. The molecule has 0 bridgehead atoms. The third kappa shape index (κ3) is 4.89. The van der Waals surface area contributed by atoms with Gasteiger partial charge >= 0.3 is 11.9 Å². The fourth-order valence-corrected chi connectivity index (χ4v) is 4.06. The molecule has 0 N–H and O–H groups in total. The van der Waals surface area contributed by atoms with Crippen LogP contribution in [-0.4, -0.2) is 41.6 Å². The lowest BCUT2D eigenvalue weighted by Gasteiger charge is -2.20. The molecule has 0 unspecified atom stereocenters. The number of esters is 2. The van der Waals surface area contributed by atoms with Crippen LogP contribution in [0, 0.1) is 0 Å². The Hall–Kier alpha value is -3.85. The highest BCUT2D eigenvalue weighted by Gasteiger charge is 2.23. The van der Waals surface area contributed by atoms with Crippen molar-refractivity contribution in [3.63, 3.8) is 0 Å². The lowest BCUT2D eigenvalue weighted by Crippen LogP contribution is -2.26. The summed E-state index contributed by atoms with van der Waals surface area (Å²) in [5.41, 5.74) is 0.803. The maximum atomic E-state index is 13.0. The molecule has 0 aliphatic carbocycles. The Kier molecular flexibility index (Phi) is 6.79. The standard InChI is InChI=1S/C23H21NO7S/c1-24(18-9-13-19(29-2)14-10-18)32(27,28)21-6-4-5-17(15-21)23(26)31-20-11-7-16(8-12-20)22(25)30-3/h4-15H,1-3H3. The number of benzene rings is 3. The van der Waals surface area contributed by atoms with E-state index in [9.17, 15) is 18.0 Å². The van der Waals surface area contributed by atoms with E-state index in [0.717, 1.165) is 4.31 Å². The number of hydrogen-bond acceptors (Lipinski definition) is 7. The molecule has 0 aromatic heterocycles. The van der Waals surface area contributed by atoms with E-state index in [0.29, 0.717) is 17.0 Å². The summed E-state index contributed by atoms with van der Waals surface area (Å²) in [5, 5.41) is 0. The highest BCUT2D eigenvalue weighted by molar-refractivity contribution is 7.92. The van der Waals surface area contributed by atoms with Crippen molar-refractivity contribution in [2.24, 2.45) is 0 Å². The third-order valence-corrected chi connectivity index (χ3v) is 6.43. The summed E-state index contributed by atoms with van der Waals surface area (Å²) in [6.07, 6.45) is 0. The lowest BCUT2D eigenvalue weighted by molar-refractivity contribution is 0.0600. The topological polar surface area (TPSA) is 99.2 Å². The molecule has 0 radical (unpaired) electrons. The molecular formula is C23H21NO7S. The minimum absolute atomic E-state index is 0.0613. The van der Waals surface area contributed by atoms with Gasteiger partial charge in [0.25, 0.3) is 10.0 Å². The maximum absolute atomic E-state index is 13.0. The Labute approximate surface area is 186 Å². The summed E-state index contributed by atoms with van der Waals surface area (Å²) in [7, 11) is 0.285. The summed E-state index contributed by atoms with van der Waals surface area (Å²) in [6.45, 7) is 0. The second-order valence-corrected chi connectivity index (χ2v) is 8.57. The molecule has 0 amide bonds. The van der Waals surface area contributed by atoms with Gasteiger partial charge in [-0.25, -0.2) is 18.0 Å². The van der Waals surface area contributed by atoms with Crippen molar-refractivity contribution in [1.29, 1.82) is 0 Å². The Bertz CT molecular complexity index is 1220. The molecule has 32 heavy (non-hydrogen) atoms. The normalized spacial score (nSPS) is 10.8. The van der Waals surface area contributed by atoms with Crippen LogP contribution in [0.25, 0.3) is 0 Å². The van der Waals surface area contributed by atoms with Crippen molar-refractivity contribution in [1.82, 2.24) is 0 Å². The number of rotatable bonds is 7. The van der Waals surface area contributed by atoms with Gasteiger partial charge in [-0.05, 0) is 66.7 Å². The second kappa shape index (κ2) is 9.52. The van der Waals surface area contributed by atoms with E-state index in [2.05, 4.69) is 4.74 Å². The van der Waals surface area contributed by atoms with Crippen LogP contribution in [0.4, 0.5) is 5.69 Å². The summed E-state index contributed by atoms with van der Waals surface area (Å²) in [6, 6.07) is 17.9. The molecule has 0 fully saturated rings. The zero-order valence-electron chi connectivity index (χ0n) is 17.6. The van der Waals surface area contributed by atoms with Crippen molar-refractivity contribution >= 4 is 27.6 Å². The smallest absolute Gasteiger partial charge is 0.343 e. The van der Waals surface area contributed by atoms with Crippen molar-refractivity contribution < 1.29 is 32.2 Å². The number of sulfonamides is 1. The average Bonchev–Trinajstić information content (AvgIpc) is 2.83. The van der Waals surface area contributed by atoms with E-state index in [1.807, 2.05) is 0 Å². The van der Waals surface area contributed by atoms with Gasteiger partial charge in [-0.15, -0.1) is 0 Å². The highest BCUT2D eigenvalue weighted by atomic mass is 32.2. The molecule has 0 aliphatic rings. The fourth-order valence-electron chi connectivity index (χ4n) is 2.82. The molecular weight excluding hydrogens is 434 g/mol. The monoisotopic (exact) mass is 455 g/mol. The van der Waals surface area contributed by atoms with Crippen LogP contribution in [0.1, 0.15) is 20.7 Å². The summed E-state index contributed by atoms with van der Waals surface area (Å²) >= 11 is 0. The van der Waals surface area contributed by atoms with Crippen LogP contribution in [0.15, 0.2) is 77.7 Å². The van der Waals surface area contributed by atoms with Gasteiger partial charge in [0, 0.05) is 7.05 Å². The minimum atomic E-state index is -3.93. The van der Waals surface area contributed by atoms with Gasteiger partial charge in [0.1, 0.15) is 11.5 Å². The Morgan fingerprint density at radius 1 is 0.781 bits per heavy atom. The molecule has 0 aliphatic heterocycles. The van der Waals surface area contributed by atoms with Gasteiger partial charge in [0.05, 0.1) is 35.9 Å². The first-order chi connectivity index (χ1) is 15.3. The molecule has 0 atom stereocenters. The highest BCUT2D eigenvalue weighted by Crippen LogP contribution is 2.25. The number of carbonyl (C=O) groups is 2. The number of methoxy groups -OCH3 is 2. The van der Waals surface area contributed by atoms with Gasteiger partial charge in [-0.2, -0.15) is 0 Å². The molecule has 3 aromatic rings. The zero-order chi connectivity index (χ0) is 23.3. The largest absolute Gasteiger partial charge is 0.497 e. The number of nitrogens with zero attached hydrogens (tertiary/aromatic N) is 1. The first kappa shape index (κ1) is 22.8. The molecule has 3 aromatic carbocycles. The van der Waals surface area contributed by atoms with Crippen molar-refractivity contribution in [2.75, 3.05) is 25.6 Å². The SMILES string of the molecule is COC(=O)c1ccc(OC(=O)c2cccc(S(=O)(=O)N(C)c3ccc(OC)cc3)c2)cc1. The van der Waals surface area contributed by atoms with Crippen LogP contribution >= 0.6 is 0 Å². The minimum Gasteiger partial charge on any atom is -0.497 e. The predicted molar refractivity (Wildman–Crippen MR) is 118 cm³/mol. The molecule has 0 heterocycles. The Morgan fingerprint density at radius 2 is 1.41 bits per heavy atom. The lowest BCUT2D eigenvalue weighted by atomic mass is 10.2. The first-order valence-electron chi connectivity index (χ1n) is 9.40. The zero-order valence-corrected chi connectivity index (χ0v) is 18.5. The number of anilines is 1. The molecule has 8 nitrogen and oxygen atoms in total. The van der Waals surface area contributed by atoms with E-state index in [1.165, 1.54) is 69.8 Å². The number of hydrogen-bond donors (Lipinski definition) is 0. The number of carbonyl (C=O) groups excluding carboxylic acids is 2. The van der Waals surface area contributed by atoms with Crippen LogP contribution < -0.4 is 13.8 Å². The van der Waals surface area contributed by atoms with Crippen molar-refractivity contribution in [3.8, 4) is 11.5 Å². The molecule has 0 saturated heterocycles. The van der Waals surface area contributed by atoms with Gasteiger partial charge in [0.2, 0.25) is 0 Å². The van der Waals surface area contributed by atoms with Gasteiger partial charge < -0.3 is 14.2 Å². The van der Waals surface area contributed by atoms with Gasteiger partial charge in [-0.1, -0.05) is 6.07 Å². The van der Waals surface area contributed by atoms with E-state index in [-0.39, 0.29) is 16.2 Å².